The molecule has 0 radical (unpaired) electrons. The van der Waals surface area contributed by atoms with Gasteiger partial charge in [-0.1, -0.05) is 17.7 Å². The first-order valence-corrected chi connectivity index (χ1v) is 14.4. The summed E-state index contributed by atoms with van der Waals surface area (Å²) in [5.74, 6) is 1.14. The van der Waals surface area contributed by atoms with Crippen molar-refractivity contribution in [1.29, 1.82) is 0 Å². The molecule has 0 atom stereocenters. The van der Waals surface area contributed by atoms with Crippen LogP contribution < -0.4 is 10.2 Å². The van der Waals surface area contributed by atoms with Crippen LogP contribution in [0, 0.1) is 12.7 Å². The van der Waals surface area contributed by atoms with Gasteiger partial charge in [-0.3, -0.25) is 4.90 Å². The molecule has 0 unspecified atom stereocenters. The number of piperazine rings is 1. The number of aromatic nitrogens is 2. The van der Waals surface area contributed by atoms with Crippen LogP contribution in [-0.2, 0) is 16.4 Å². The summed E-state index contributed by atoms with van der Waals surface area (Å²) < 4.78 is 36.8. The lowest BCUT2D eigenvalue weighted by Gasteiger charge is -2.36. The van der Waals surface area contributed by atoms with Gasteiger partial charge in [0, 0.05) is 72.6 Å². The molecule has 0 bridgehead atoms. The summed E-state index contributed by atoms with van der Waals surface area (Å²) in [6, 6.07) is 12.8. The van der Waals surface area contributed by atoms with Crippen molar-refractivity contribution in [2.24, 2.45) is 0 Å². The van der Waals surface area contributed by atoms with Gasteiger partial charge in [0.15, 0.2) is 5.82 Å². The van der Waals surface area contributed by atoms with E-state index in [-0.39, 0.29) is 11.6 Å². The Morgan fingerprint density at radius 1 is 1.08 bits per heavy atom. The van der Waals surface area contributed by atoms with Crippen LogP contribution in [0.15, 0.2) is 48.7 Å². The number of benzene rings is 2. The van der Waals surface area contributed by atoms with Gasteiger partial charge in [-0.25, -0.2) is 22.8 Å². The number of anilines is 2. The van der Waals surface area contributed by atoms with Crippen LogP contribution in [0.25, 0.3) is 11.4 Å². The summed E-state index contributed by atoms with van der Waals surface area (Å²) in [6.07, 6.45) is 3.73. The highest BCUT2D eigenvalue weighted by atomic mass is 35.5. The van der Waals surface area contributed by atoms with Crippen LogP contribution in [0.5, 0.6) is 0 Å². The van der Waals surface area contributed by atoms with Crippen LogP contribution in [-0.4, -0.2) is 68.0 Å². The lowest BCUT2D eigenvalue weighted by atomic mass is 10.1. The van der Waals surface area contributed by atoms with E-state index < -0.39 is 9.84 Å². The Morgan fingerprint density at radius 3 is 2.47 bits per heavy atom. The van der Waals surface area contributed by atoms with E-state index in [0.717, 1.165) is 49.5 Å². The van der Waals surface area contributed by atoms with E-state index in [1.54, 1.807) is 18.3 Å². The zero-order valence-electron chi connectivity index (χ0n) is 20.5. The van der Waals surface area contributed by atoms with Crippen molar-refractivity contribution < 1.29 is 12.8 Å². The van der Waals surface area contributed by atoms with Gasteiger partial charge in [-0.15, -0.1) is 0 Å². The standard InChI is InChI=1S/C26H31ClFN5O2S/c1-19-17-29-26(31-25(19)30-18-21-4-7-22(27)16-24(21)28)20-5-8-23(9-6-20)33-13-11-32(12-14-33)10-3-15-36(2,34)35/h4-9,16-17H,3,10-15,18H2,1-2H3,(H,29,30,31). The zero-order valence-corrected chi connectivity index (χ0v) is 22.1. The van der Waals surface area contributed by atoms with Crippen LogP contribution in [0.1, 0.15) is 17.5 Å². The van der Waals surface area contributed by atoms with E-state index in [2.05, 4.69) is 37.2 Å². The third-order valence-electron chi connectivity index (χ3n) is 6.29. The number of nitrogens with zero attached hydrogens (tertiary/aromatic N) is 4. The molecule has 1 saturated heterocycles. The Labute approximate surface area is 217 Å². The van der Waals surface area contributed by atoms with E-state index in [1.807, 2.05) is 19.1 Å². The zero-order chi connectivity index (χ0) is 25.7. The van der Waals surface area contributed by atoms with Crippen molar-refractivity contribution in [3.05, 3.63) is 70.6 Å². The molecular formula is C26H31ClFN5O2S. The molecule has 1 aliphatic rings. The summed E-state index contributed by atoms with van der Waals surface area (Å²) in [4.78, 5) is 13.8. The number of nitrogens with one attached hydrogen (secondary N) is 1. The van der Waals surface area contributed by atoms with Crippen molar-refractivity contribution in [2.75, 3.05) is 54.9 Å². The smallest absolute Gasteiger partial charge is 0.161 e. The fourth-order valence-electron chi connectivity index (χ4n) is 4.21. The molecule has 0 spiro atoms. The SMILES string of the molecule is Cc1cnc(-c2ccc(N3CCN(CCCS(C)(=O)=O)CC3)cc2)nc1NCc1ccc(Cl)cc1F. The molecule has 10 heteroatoms. The average Bonchev–Trinajstić information content (AvgIpc) is 2.84. The highest BCUT2D eigenvalue weighted by molar-refractivity contribution is 7.90. The minimum absolute atomic E-state index is 0.241. The molecule has 36 heavy (non-hydrogen) atoms. The normalized spacial score (nSPS) is 14.7. The third-order valence-corrected chi connectivity index (χ3v) is 7.55. The highest BCUT2D eigenvalue weighted by Gasteiger charge is 2.18. The number of hydrogen-bond donors (Lipinski definition) is 1. The molecule has 7 nitrogen and oxygen atoms in total. The molecule has 0 amide bonds. The number of aryl methyl sites for hydroxylation is 1. The Hall–Kier alpha value is -2.75. The minimum atomic E-state index is -2.90. The van der Waals surface area contributed by atoms with Gasteiger partial charge in [0.2, 0.25) is 0 Å². The van der Waals surface area contributed by atoms with Gasteiger partial charge in [0.05, 0.1) is 5.75 Å². The molecular weight excluding hydrogens is 501 g/mol. The van der Waals surface area contributed by atoms with Crippen LogP contribution >= 0.6 is 11.6 Å². The fourth-order valence-corrected chi connectivity index (χ4v) is 5.02. The van der Waals surface area contributed by atoms with Gasteiger partial charge in [0.1, 0.15) is 21.5 Å². The molecule has 3 aromatic rings. The molecule has 1 fully saturated rings. The largest absolute Gasteiger partial charge is 0.369 e. The number of hydrogen-bond acceptors (Lipinski definition) is 7. The first-order valence-electron chi connectivity index (χ1n) is 11.9. The van der Waals surface area contributed by atoms with E-state index in [4.69, 9.17) is 11.6 Å². The lowest BCUT2D eigenvalue weighted by molar-refractivity contribution is 0.259. The van der Waals surface area contributed by atoms with E-state index in [9.17, 15) is 12.8 Å². The summed E-state index contributed by atoms with van der Waals surface area (Å²) in [5, 5.41) is 3.58. The highest BCUT2D eigenvalue weighted by Crippen LogP contribution is 2.24. The molecule has 1 aromatic heterocycles. The van der Waals surface area contributed by atoms with Gasteiger partial charge in [-0.2, -0.15) is 0 Å². The van der Waals surface area contributed by atoms with Crippen molar-refractivity contribution in [1.82, 2.24) is 14.9 Å². The third kappa shape index (κ3) is 7.15. The van der Waals surface area contributed by atoms with Crippen molar-refractivity contribution >= 4 is 32.9 Å². The monoisotopic (exact) mass is 531 g/mol. The molecule has 2 heterocycles. The van der Waals surface area contributed by atoms with Gasteiger partial charge < -0.3 is 10.2 Å². The molecule has 2 aromatic carbocycles. The first kappa shape index (κ1) is 26.3. The maximum absolute atomic E-state index is 14.1. The predicted molar refractivity (Wildman–Crippen MR) is 144 cm³/mol. The van der Waals surface area contributed by atoms with Gasteiger partial charge >= 0.3 is 0 Å². The maximum atomic E-state index is 14.1. The minimum Gasteiger partial charge on any atom is -0.369 e. The second-order valence-corrected chi connectivity index (χ2v) is 11.9. The molecule has 1 aliphatic heterocycles. The quantitative estimate of drug-likeness (QED) is 0.438. The Bertz CT molecular complexity index is 1300. The van der Waals surface area contributed by atoms with Crippen LogP contribution in [0.4, 0.5) is 15.9 Å². The van der Waals surface area contributed by atoms with Crippen molar-refractivity contribution in [2.45, 2.75) is 19.9 Å². The summed E-state index contributed by atoms with van der Waals surface area (Å²) >= 11 is 5.84. The molecule has 1 N–H and O–H groups in total. The Balaban J connectivity index is 1.35. The second kappa shape index (κ2) is 11.5. The number of sulfone groups is 1. The number of halogens is 2. The summed E-state index contributed by atoms with van der Waals surface area (Å²) in [6.45, 7) is 6.63. The first-order chi connectivity index (χ1) is 17.2. The van der Waals surface area contributed by atoms with Crippen LogP contribution in [0.2, 0.25) is 5.02 Å². The molecule has 0 aliphatic carbocycles. The van der Waals surface area contributed by atoms with Crippen molar-refractivity contribution in [3.63, 3.8) is 0 Å². The number of rotatable bonds is 9. The van der Waals surface area contributed by atoms with E-state index >= 15 is 0 Å². The average molecular weight is 532 g/mol. The molecule has 192 valence electrons. The maximum Gasteiger partial charge on any atom is 0.161 e. The molecule has 0 saturated carbocycles. The van der Waals surface area contributed by atoms with Gasteiger partial charge in [0.25, 0.3) is 0 Å². The summed E-state index contributed by atoms with van der Waals surface area (Å²) in [7, 11) is -2.90. The fraction of sp³-hybridized carbons (Fsp3) is 0.385. The topological polar surface area (TPSA) is 78.4 Å². The van der Waals surface area contributed by atoms with E-state index in [1.165, 1.54) is 12.3 Å². The molecule has 4 rings (SSSR count). The lowest BCUT2D eigenvalue weighted by Crippen LogP contribution is -2.46. The Morgan fingerprint density at radius 2 is 1.81 bits per heavy atom. The Kier molecular flexibility index (Phi) is 8.43. The van der Waals surface area contributed by atoms with Gasteiger partial charge in [-0.05, 0) is 56.3 Å². The van der Waals surface area contributed by atoms with Crippen LogP contribution in [0.3, 0.4) is 0 Å². The van der Waals surface area contributed by atoms with Crippen molar-refractivity contribution in [3.8, 4) is 11.4 Å². The second-order valence-electron chi connectivity index (χ2n) is 9.17. The predicted octanol–water partition coefficient (Wildman–Crippen LogP) is 4.41. The van der Waals surface area contributed by atoms with E-state index in [0.29, 0.717) is 35.2 Å². The summed E-state index contributed by atoms with van der Waals surface area (Å²) in [5.41, 5.74) is 3.43.